The molecule has 0 atom stereocenters. The first-order chi connectivity index (χ1) is 24.8. The number of nitrogens with zero attached hydrogens (tertiary/aromatic N) is 4. The number of aromatic nitrogens is 4. The molecule has 0 fully saturated rings. The highest BCUT2D eigenvalue weighted by molar-refractivity contribution is 6.27. The van der Waals surface area contributed by atoms with Crippen LogP contribution in [0.1, 0.15) is 0 Å². The lowest BCUT2D eigenvalue weighted by molar-refractivity contribution is 0.669. The van der Waals surface area contributed by atoms with Crippen molar-refractivity contribution in [3.8, 4) is 51.0 Å². The smallest absolute Gasteiger partial charge is 0.164 e. The lowest BCUT2D eigenvalue weighted by Gasteiger charge is -2.12. The Labute approximate surface area is 287 Å². The van der Waals surface area contributed by atoms with Crippen molar-refractivity contribution in [3.63, 3.8) is 0 Å². The van der Waals surface area contributed by atoms with Crippen LogP contribution in [-0.2, 0) is 0 Å². The number of rotatable bonds is 5. The molecule has 0 aliphatic heterocycles. The van der Waals surface area contributed by atoms with E-state index in [9.17, 15) is 0 Å². The summed E-state index contributed by atoms with van der Waals surface area (Å²) in [5.41, 5.74) is 10.2. The number of hydrogen-bond donors (Lipinski definition) is 0. The minimum absolute atomic E-state index is 0.634. The summed E-state index contributed by atoms with van der Waals surface area (Å²) in [6, 6.07) is 58.6. The Kier molecular flexibility index (Phi) is 6.42. The van der Waals surface area contributed by atoms with Crippen LogP contribution in [0, 0.1) is 0 Å². The Bertz CT molecular complexity index is 2810. The first-order valence-electron chi connectivity index (χ1n) is 16.7. The van der Waals surface area contributed by atoms with Crippen LogP contribution in [-0.4, -0.2) is 19.5 Å². The van der Waals surface area contributed by atoms with E-state index >= 15 is 0 Å². The minimum atomic E-state index is 0.634. The van der Waals surface area contributed by atoms with Gasteiger partial charge >= 0.3 is 0 Å². The van der Waals surface area contributed by atoms with E-state index in [0.29, 0.717) is 17.5 Å². The molecule has 0 amide bonds. The van der Waals surface area contributed by atoms with E-state index in [1.165, 1.54) is 10.8 Å². The monoisotopic (exact) mass is 640 g/mol. The summed E-state index contributed by atoms with van der Waals surface area (Å²) in [6.45, 7) is 0. The summed E-state index contributed by atoms with van der Waals surface area (Å²) >= 11 is 0. The van der Waals surface area contributed by atoms with Crippen molar-refractivity contribution < 1.29 is 4.42 Å². The zero-order valence-electron chi connectivity index (χ0n) is 26.9. The Morgan fingerprint density at radius 2 is 0.920 bits per heavy atom. The van der Waals surface area contributed by atoms with E-state index < -0.39 is 0 Å². The van der Waals surface area contributed by atoms with Crippen LogP contribution < -0.4 is 0 Å². The van der Waals surface area contributed by atoms with Gasteiger partial charge < -0.3 is 8.98 Å². The van der Waals surface area contributed by atoms with Crippen LogP contribution in [0.15, 0.2) is 174 Å². The molecule has 0 unspecified atom stereocenters. The van der Waals surface area contributed by atoms with Gasteiger partial charge in [0.25, 0.3) is 0 Å². The molecular weight excluding hydrogens is 613 g/mol. The maximum absolute atomic E-state index is 6.29. The molecule has 50 heavy (non-hydrogen) atoms. The highest BCUT2D eigenvalue weighted by Gasteiger charge is 2.19. The van der Waals surface area contributed by atoms with Crippen molar-refractivity contribution in [1.29, 1.82) is 0 Å². The number of furan rings is 1. The maximum atomic E-state index is 6.29. The molecule has 3 aromatic heterocycles. The van der Waals surface area contributed by atoms with Crippen LogP contribution in [0.25, 0.3) is 94.7 Å². The van der Waals surface area contributed by atoms with Gasteiger partial charge in [0.15, 0.2) is 17.5 Å². The van der Waals surface area contributed by atoms with Crippen molar-refractivity contribution in [1.82, 2.24) is 19.5 Å². The maximum Gasteiger partial charge on any atom is 0.164 e. The molecule has 0 aliphatic rings. The molecule has 0 saturated heterocycles. The fraction of sp³-hybridized carbons (Fsp3) is 0. The molecule has 0 saturated carbocycles. The van der Waals surface area contributed by atoms with Gasteiger partial charge in [0.1, 0.15) is 11.2 Å². The fourth-order valence-corrected chi connectivity index (χ4v) is 7.15. The molecule has 7 aromatic carbocycles. The standard InChI is InChI=1S/C45H28N4O/c1-3-13-29(14-4-1)43-46-44(30-15-5-2-6-16-30)48-45(47-43)33-19-11-17-31(27-33)32-18-12-20-34(28-32)49-37-23-9-7-21-35(37)41-38(49)25-26-40-42(41)36-22-8-10-24-39(36)50-40/h1-28H. The predicted octanol–water partition coefficient (Wildman–Crippen LogP) is 11.5. The highest BCUT2D eigenvalue weighted by atomic mass is 16.3. The second kappa shape index (κ2) is 11.4. The largest absolute Gasteiger partial charge is 0.456 e. The van der Waals surface area contributed by atoms with Gasteiger partial charge in [-0.3, -0.25) is 0 Å². The van der Waals surface area contributed by atoms with Crippen molar-refractivity contribution in [2.75, 3.05) is 0 Å². The van der Waals surface area contributed by atoms with E-state index in [1.54, 1.807) is 0 Å². The molecule has 0 aliphatic carbocycles. The quantitative estimate of drug-likeness (QED) is 0.188. The Morgan fingerprint density at radius 3 is 1.66 bits per heavy atom. The van der Waals surface area contributed by atoms with Gasteiger partial charge in [-0.1, -0.05) is 127 Å². The van der Waals surface area contributed by atoms with Gasteiger partial charge in [-0.15, -0.1) is 0 Å². The molecule has 234 valence electrons. The fourth-order valence-electron chi connectivity index (χ4n) is 7.15. The van der Waals surface area contributed by atoms with Crippen molar-refractivity contribution >= 4 is 43.7 Å². The summed E-state index contributed by atoms with van der Waals surface area (Å²) < 4.78 is 8.66. The first kappa shape index (κ1) is 28.2. The second-order valence-corrected chi connectivity index (χ2v) is 12.5. The van der Waals surface area contributed by atoms with Crippen molar-refractivity contribution in [2.24, 2.45) is 0 Å². The summed E-state index contributed by atoms with van der Waals surface area (Å²) in [4.78, 5) is 14.8. The zero-order chi connectivity index (χ0) is 33.0. The molecule has 3 heterocycles. The van der Waals surface area contributed by atoms with Crippen LogP contribution in [0.2, 0.25) is 0 Å². The van der Waals surface area contributed by atoms with Crippen LogP contribution in [0.5, 0.6) is 0 Å². The summed E-state index contributed by atoms with van der Waals surface area (Å²) in [5, 5.41) is 4.68. The number of benzene rings is 7. The van der Waals surface area contributed by atoms with Gasteiger partial charge in [-0.05, 0) is 53.6 Å². The number of hydrogen-bond acceptors (Lipinski definition) is 4. The van der Waals surface area contributed by atoms with Crippen LogP contribution in [0.3, 0.4) is 0 Å². The highest BCUT2D eigenvalue weighted by Crippen LogP contribution is 2.41. The van der Waals surface area contributed by atoms with Crippen molar-refractivity contribution in [2.45, 2.75) is 0 Å². The molecule has 0 bridgehead atoms. The van der Waals surface area contributed by atoms with E-state index in [4.69, 9.17) is 19.4 Å². The van der Waals surface area contributed by atoms with E-state index in [1.807, 2.05) is 72.8 Å². The van der Waals surface area contributed by atoms with Gasteiger partial charge in [0.05, 0.1) is 11.0 Å². The molecule has 10 rings (SSSR count). The minimum Gasteiger partial charge on any atom is -0.456 e. The van der Waals surface area contributed by atoms with E-state index in [2.05, 4.69) is 102 Å². The topological polar surface area (TPSA) is 56.7 Å². The SMILES string of the molecule is c1ccc(-c2nc(-c3ccccc3)nc(-c3cccc(-c4cccc(-n5c6ccccc6c6c7c(ccc65)oc5ccccc57)c4)c3)n2)cc1. The first-order valence-corrected chi connectivity index (χ1v) is 16.7. The molecular formula is C45H28N4O. The predicted molar refractivity (Wildman–Crippen MR) is 203 cm³/mol. The second-order valence-electron chi connectivity index (χ2n) is 12.5. The average Bonchev–Trinajstić information content (AvgIpc) is 3.74. The van der Waals surface area contributed by atoms with Crippen LogP contribution in [0.4, 0.5) is 0 Å². The van der Waals surface area contributed by atoms with Gasteiger partial charge in [-0.2, -0.15) is 0 Å². The van der Waals surface area contributed by atoms with E-state index in [-0.39, 0.29) is 0 Å². The number of fused-ring (bicyclic) bond motifs is 7. The third kappa shape index (κ3) is 4.60. The van der Waals surface area contributed by atoms with Crippen molar-refractivity contribution in [3.05, 3.63) is 170 Å². The van der Waals surface area contributed by atoms with Gasteiger partial charge in [0, 0.05) is 43.9 Å². The lowest BCUT2D eigenvalue weighted by Crippen LogP contribution is -2.00. The van der Waals surface area contributed by atoms with E-state index in [0.717, 1.165) is 66.5 Å². The Morgan fingerprint density at radius 1 is 0.360 bits per heavy atom. The Hall–Kier alpha value is -6.85. The molecule has 0 radical (unpaired) electrons. The number of para-hydroxylation sites is 2. The third-order valence-electron chi connectivity index (χ3n) is 9.43. The summed E-state index contributed by atoms with van der Waals surface area (Å²) in [6.07, 6.45) is 0. The zero-order valence-corrected chi connectivity index (χ0v) is 26.9. The van der Waals surface area contributed by atoms with Gasteiger partial charge in [-0.25, -0.2) is 15.0 Å². The molecule has 0 N–H and O–H groups in total. The molecule has 5 heteroatoms. The average molecular weight is 641 g/mol. The normalized spacial score (nSPS) is 11.6. The third-order valence-corrected chi connectivity index (χ3v) is 9.43. The lowest BCUT2D eigenvalue weighted by atomic mass is 10.0. The molecule has 0 spiro atoms. The summed E-state index contributed by atoms with van der Waals surface area (Å²) in [5.74, 6) is 1.93. The molecule has 5 nitrogen and oxygen atoms in total. The Balaban J connectivity index is 1.12. The summed E-state index contributed by atoms with van der Waals surface area (Å²) in [7, 11) is 0. The molecule has 10 aromatic rings. The van der Waals surface area contributed by atoms with Gasteiger partial charge in [0.2, 0.25) is 0 Å². The van der Waals surface area contributed by atoms with Crippen LogP contribution >= 0.6 is 0 Å².